The quantitative estimate of drug-likeness (QED) is 0.867. The van der Waals surface area contributed by atoms with Crippen LogP contribution < -0.4 is 5.32 Å². The highest BCUT2D eigenvalue weighted by Crippen LogP contribution is 2.22. The highest BCUT2D eigenvalue weighted by molar-refractivity contribution is 5.89. The molecule has 2 aromatic rings. The van der Waals surface area contributed by atoms with Crippen LogP contribution in [0.5, 0.6) is 0 Å². The monoisotopic (exact) mass is 350 g/mol. The van der Waals surface area contributed by atoms with E-state index in [9.17, 15) is 9.59 Å². The van der Waals surface area contributed by atoms with Gasteiger partial charge in [0.05, 0.1) is 12.0 Å². The van der Waals surface area contributed by atoms with Gasteiger partial charge in [-0.1, -0.05) is 61.5 Å². The first-order valence-corrected chi connectivity index (χ1v) is 9.27. The molecule has 26 heavy (non-hydrogen) atoms. The smallest absolute Gasteiger partial charge is 0.225 e. The molecule has 1 saturated heterocycles. The van der Waals surface area contributed by atoms with Crippen LogP contribution in [-0.2, 0) is 22.6 Å². The zero-order valence-corrected chi connectivity index (χ0v) is 15.4. The summed E-state index contributed by atoms with van der Waals surface area (Å²) in [6, 6.07) is 18.1. The van der Waals surface area contributed by atoms with E-state index < -0.39 is 0 Å². The van der Waals surface area contributed by atoms with Crippen LogP contribution in [0.15, 0.2) is 54.6 Å². The number of hydrogen-bond donors (Lipinski definition) is 1. The predicted molar refractivity (Wildman–Crippen MR) is 102 cm³/mol. The lowest BCUT2D eigenvalue weighted by atomic mass is 10.0. The number of rotatable bonds is 6. The highest BCUT2D eigenvalue weighted by atomic mass is 16.2. The van der Waals surface area contributed by atoms with Gasteiger partial charge < -0.3 is 10.2 Å². The Balaban J connectivity index is 1.57. The number of carbonyl (C=O) groups excluding carboxylic acids is 2. The lowest BCUT2D eigenvalue weighted by molar-refractivity contribution is -0.129. The molecule has 1 aliphatic heterocycles. The molecule has 4 heteroatoms. The number of aryl methyl sites for hydroxylation is 1. The molecule has 4 nitrogen and oxygen atoms in total. The topological polar surface area (TPSA) is 49.4 Å². The summed E-state index contributed by atoms with van der Waals surface area (Å²) in [5.41, 5.74) is 3.46. The standard InChI is InChI=1S/C22H26N2O2/c1-3-17-9-11-19(12-10-17)16(2)23-22(26)20-13-21(25)24(15-20)14-18-7-5-4-6-8-18/h4-12,16,20H,3,13-15H2,1-2H3,(H,23,26). The van der Waals surface area contributed by atoms with Crippen LogP contribution in [0, 0.1) is 5.92 Å². The van der Waals surface area contributed by atoms with E-state index in [2.05, 4.69) is 36.5 Å². The number of amides is 2. The van der Waals surface area contributed by atoms with Gasteiger partial charge in [0.1, 0.15) is 0 Å². The van der Waals surface area contributed by atoms with Crippen molar-refractivity contribution in [2.24, 2.45) is 5.92 Å². The van der Waals surface area contributed by atoms with E-state index in [1.807, 2.05) is 37.3 Å². The fourth-order valence-electron chi connectivity index (χ4n) is 3.36. The van der Waals surface area contributed by atoms with Gasteiger partial charge in [0.15, 0.2) is 0 Å². The van der Waals surface area contributed by atoms with Crippen molar-refractivity contribution >= 4 is 11.8 Å². The third-order valence-corrected chi connectivity index (χ3v) is 5.05. The molecule has 2 aromatic carbocycles. The molecule has 1 heterocycles. The van der Waals surface area contributed by atoms with Crippen LogP contribution in [0.1, 0.15) is 43.0 Å². The Labute approximate surface area is 155 Å². The third kappa shape index (κ3) is 4.31. The summed E-state index contributed by atoms with van der Waals surface area (Å²) < 4.78 is 0. The summed E-state index contributed by atoms with van der Waals surface area (Å²) in [5, 5.41) is 3.06. The van der Waals surface area contributed by atoms with E-state index in [1.54, 1.807) is 4.90 Å². The Morgan fingerprint density at radius 2 is 1.81 bits per heavy atom. The average Bonchev–Trinajstić information content (AvgIpc) is 3.03. The normalized spacial score (nSPS) is 18.0. The predicted octanol–water partition coefficient (Wildman–Crippen LogP) is 3.47. The lowest BCUT2D eigenvalue weighted by Gasteiger charge is -2.19. The SMILES string of the molecule is CCc1ccc(C(C)NC(=O)C2CC(=O)N(Cc3ccccc3)C2)cc1. The van der Waals surface area contributed by atoms with E-state index in [0.717, 1.165) is 17.5 Å². The Morgan fingerprint density at radius 1 is 1.12 bits per heavy atom. The molecular weight excluding hydrogens is 324 g/mol. The molecule has 1 aliphatic rings. The summed E-state index contributed by atoms with van der Waals surface area (Å²) in [4.78, 5) is 26.6. The first-order chi connectivity index (χ1) is 12.6. The van der Waals surface area contributed by atoms with Gasteiger partial charge in [0.2, 0.25) is 11.8 Å². The van der Waals surface area contributed by atoms with Gasteiger partial charge in [-0.15, -0.1) is 0 Å². The van der Waals surface area contributed by atoms with Crippen molar-refractivity contribution in [2.75, 3.05) is 6.54 Å². The zero-order valence-electron chi connectivity index (χ0n) is 15.4. The number of nitrogens with zero attached hydrogens (tertiary/aromatic N) is 1. The number of nitrogens with one attached hydrogen (secondary N) is 1. The zero-order chi connectivity index (χ0) is 18.5. The molecule has 136 valence electrons. The second-order valence-electron chi connectivity index (χ2n) is 6.99. The minimum absolute atomic E-state index is 0.0408. The maximum absolute atomic E-state index is 12.6. The van der Waals surface area contributed by atoms with Crippen LogP contribution in [0.25, 0.3) is 0 Å². The number of carbonyl (C=O) groups is 2. The van der Waals surface area contributed by atoms with Crippen molar-refractivity contribution in [1.29, 1.82) is 0 Å². The summed E-state index contributed by atoms with van der Waals surface area (Å²) in [5.74, 6) is -0.265. The van der Waals surface area contributed by atoms with Crippen molar-refractivity contribution in [1.82, 2.24) is 10.2 Å². The van der Waals surface area contributed by atoms with Crippen LogP contribution >= 0.6 is 0 Å². The van der Waals surface area contributed by atoms with E-state index in [4.69, 9.17) is 0 Å². The molecule has 3 rings (SSSR count). The van der Waals surface area contributed by atoms with Crippen molar-refractivity contribution in [3.8, 4) is 0 Å². The Morgan fingerprint density at radius 3 is 2.46 bits per heavy atom. The Bertz CT molecular complexity index is 755. The summed E-state index contributed by atoms with van der Waals surface area (Å²) >= 11 is 0. The molecule has 1 fully saturated rings. The average molecular weight is 350 g/mol. The molecule has 0 radical (unpaired) electrons. The minimum Gasteiger partial charge on any atom is -0.349 e. The van der Waals surface area contributed by atoms with Crippen molar-refractivity contribution in [3.05, 3.63) is 71.3 Å². The van der Waals surface area contributed by atoms with Crippen molar-refractivity contribution in [2.45, 2.75) is 39.3 Å². The molecule has 2 unspecified atom stereocenters. The Kier molecular flexibility index (Phi) is 5.71. The van der Waals surface area contributed by atoms with Crippen molar-refractivity contribution in [3.63, 3.8) is 0 Å². The number of benzene rings is 2. The molecule has 0 saturated carbocycles. The summed E-state index contributed by atoms with van der Waals surface area (Å²) in [6.45, 7) is 5.16. The maximum atomic E-state index is 12.6. The molecule has 2 atom stereocenters. The third-order valence-electron chi connectivity index (χ3n) is 5.05. The van der Waals surface area contributed by atoms with E-state index >= 15 is 0 Å². The number of likely N-dealkylation sites (tertiary alicyclic amines) is 1. The lowest BCUT2D eigenvalue weighted by Crippen LogP contribution is -2.34. The summed E-state index contributed by atoms with van der Waals surface area (Å²) in [6.07, 6.45) is 1.29. The Hall–Kier alpha value is -2.62. The first kappa shape index (κ1) is 18.2. The molecule has 0 aliphatic carbocycles. The maximum Gasteiger partial charge on any atom is 0.225 e. The molecule has 2 amide bonds. The van der Waals surface area contributed by atoms with Gasteiger partial charge in [-0.05, 0) is 30.0 Å². The van der Waals surface area contributed by atoms with E-state index in [-0.39, 0.29) is 23.8 Å². The van der Waals surface area contributed by atoms with Crippen LogP contribution in [0.2, 0.25) is 0 Å². The summed E-state index contributed by atoms with van der Waals surface area (Å²) in [7, 11) is 0. The molecule has 0 aromatic heterocycles. The van der Waals surface area contributed by atoms with Gasteiger partial charge in [-0.25, -0.2) is 0 Å². The van der Waals surface area contributed by atoms with Gasteiger partial charge in [0, 0.05) is 19.5 Å². The minimum atomic E-state index is -0.274. The first-order valence-electron chi connectivity index (χ1n) is 9.27. The van der Waals surface area contributed by atoms with E-state index in [1.165, 1.54) is 5.56 Å². The fraction of sp³-hybridized carbons (Fsp3) is 0.364. The second-order valence-corrected chi connectivity index (χ2v) is 6.99. The molecule has 0 bridgehead atoms. The molecule has 0 spiro atoms. The van der Waals surface area contributed by atoms with Gasteiger partial charge in [0.25, 0.3) is 0 Å². The molecular formula is C22H26N2O2. The molecule has 1 N–H and O–H groups in total. The highest BCUT2D eigenvalue weighted by Gasteiger charge is 2.34. The van der Waals surface area contributed by atoms with Crippen LogP contribution in [0.4, 0.5) is 0 Å². The van der Waals surface area contributed by atoms with Gasteiger partial charge in [-0.3, -0.25) is 9.59 Å². The second kappa shape index (κ2) is 8.17. The van der Waals surface area contributed by atoms with Gasteiger partial charge >= 0.3 is 0 Å². The van der Waals surface area contributed by atoms with Gasteiger partial charge in [-0.2, -0.15) is 0 Å². The number of hydrogen-bond acceptors (Lipinski definition) is 2. The van der Waals surface area contributed by atoms with Crippen LogP contribution in [0.3, 0.4) is 0 Å². The largest absolute Gasteiger partial charge is 0.349 e. The van der Waals surface area contributed by atoms with Crippen molar-refractivity contribution < 1.29 is 9.59 Å². The van der Waals surface area contributed by atoms with Crippen LogP contribution in [-0.4, -0.2) is 23.3 Å². The van der Waals surface area contributed by atoms with E-state index in [0.29, 0.717) is 19.5 Å². The fourth-order valence-corrected chi connectivity index (χ4v) is 3.36.